The Labute approximate surface area is 142 Å². The summed E-state index contributed by atoms with van der Waals surface area (Å²) in [4.78, 5) is 12.6. The quantitative estimate of drug-likeness (QED) is 0.640. The highest BCUT2D eigenvalue weighted by Crippen LogP contribution is 2.21. The Balaban J connectivity index is 1.79. The normalized spacial score (nSPS) is 10.6. The topological polar surface area (TPSA) is 31.2 Å². The largest absolute Gasteiger partial charge is 0.485 e. The maximum absolute atomic E-state index is 12.6. The molecule has 0 aliphatic heterocycles. The minimum absolute atomic E-state index is 0.00847. The molecule has 0 N–H and O–H groups in total. The molecule has 3 nitrogen and oxygen atoms in total. The number of aryl methyl sites for hydroxylation is 2. The molecule has 0 bridgehead atoms. The zero-order valence-electron chi connectivity index (χ0n) is 14.2. The lowest BCUT2D eigenvalue weighted by atomic mass is 10.1. The average molecular weight is 319 g/mol. The van der Waals surface area contributed by atoms with Crippen LogP contribution < -0.4 is 4.74 Å². The first-order valence-corrected chi connectivity index (χ1v) is 8.03. The summed E-state index contributed by atoms with van der Waals surface area (Å²) in [5.74, 6) is 0.705. The van der Waals surface area contributed by atoms with E-state index in [0.29, 0.717) is 11.3 Å². The lowest BCUT2D eigenvalue weighted by Gasteiger charge is -2.10. The summed E-state index contributed by atoms with van der Waals surface area (Å²) < 4.78 is 7.72. The number of ketones is 1. The molecule has 0 fully saturated rings. The molecule has 0 aliphatic carbocycles. The molecule has 0 unspecified atom stereocenters. The number of para-hydroxylation sites is 1. The molecule has 0 aliphatic rings. The first-order valence-electron chi connectivity index (χ1n) is 8.03. The third-order valence-electron chi connectivity index (χ3n) is 4.14. The van der Waals surface area contributed by atoms with E-state index in [-0.39, 0.29) is 12.4 Å². The Hall–Kier alpha value is -2.81. The molecule has 0 saturated carbocycles. The zero-order valence-corrected chi connectivity index (χ0v) is 14.2. The molecular weight excluding hydrogens is 298 g/mol. The van der Waals surface area contributed by atoms with Crippen LogP contribution in [0.3, 0.4) is 0 Å². The van der Waals surface area contributed by atoms with E-state index in [0.717, 1.165) is 17.1 Å². The SMILES string of the molecule is Cc1ccc(OCC(=O)c2cc(C)n(-c3ccccc3)c2C)cc1. The van der Waals surface area contributed by atoms with Crippen LogP contribution in [0.25, 0.3) is 5.69 Å². The molecule has 2 aromatic carbocycles. The molecular formula is C21H21NO2. The van der Waals surface area contributed by atoms with Gasteiger partial charge in [0.1, 0.15) is 5.75 Å². The van der Waals surface area contributed by atoms with Gasteiger partial charge in [0.05, 0.1) is 0 Å². The fourth-order valence-electron chi connectivity index (χ4n) is 2.88. The van der Waals surface area contributed by atoms with Crippen LogP contribution >= 0.6 is 0 Å². The molecule has 122 valence electrons. The van der Waals surface area contributed by atoms with Crippen molar-refractivity contribution in [3.63, 3.8) is 0 Å². The van der Waals surface area contributed by atoms with Gasteiger partial charge >= 0.3 is 0 Å². The van der Waals surface area contributed by atoms with Crippen molar-refractivity contribution in [2.75, 3.05) is 6.61 Å². The number of ether oxygens (including phenoxy) is 1. The Morgan fingerprint density at radius 3 is 2.29 bits per heavy atom. The van der Waals surface area contributed by atoms with Crippen molar-refractivity contribution in [3.8, 4) is 11.4 Å². The number of carbonyl (C=O) groups is 1. The Kier molecular flexibility index (Phi) is 4.52. The molecule has 1 heterocycles. The highest BCUT2D eigenvalue weighted by atomic mass is 16.5. The number of hydrogen-bond donors (Lipinski definition) is 0. The minimum atomic E-state index is -0.00847. The fraction of sp³-hybridized carbons (Fsp3) is 0.190. The van der Waals surface area contributed by atoms with Crippen LogP contribution in [0.2, 0.25) is 0 Å². The number of aromatic nitrogens is 1. The number of Topliss-reactive ketones (excluding diaryl/α,β-unsaturated/α-hetero) is 1. The highest BCUT2D eigenvalue weighted by Gasteiger charge is 2.17. The summed E-state index contributed by atoms with van der Waals surface area (Å²) in [6, 6.07) is 19.7. The van der Waals surface area contributed by atoms with Gasteiger partial charge in [-0.2, -0.15) is 0 Å². The van der Waals surface area contributed by atoms with Crippen LogP contribution in [-0.4, -0.2) is 17.0 Å². The third kappa shape index (κ3) is 3.25. The summed E-state index contributed by atoms with van der Waals surface area (Å²) >= 11 is 0. The second kappa shape index (κ2) is 6.75. The summed E-state index contributed by atoms with van der Waals surface area (Å²) in [6.45, 7) is 6.05. The van der Waals surface area contributed by atoms with Gasteiger partial charge in [-0.1, -0.05) is 35.9 Å². The van der Waals surface area contributed by atoms with E-state index in [9.17, 15) is 4.79 Å². The van der Waals surface area contributed by atoms with E-state index >= 15 is 0 Å². The van der Waals surface area contributed by atoms with Crippen LogP contribution in [0.15, 0.2) is 60.7 Å². The van der Waals surface area contributed by atoms with Crippen LogP contribution in [0.1, 0.15) is 27.3 Å². The van der Waals surface area contributed by atoms with Crippen LogP contribution in [-0.2, 0) is 0 Å². The predicted molar refractivity (Wildman–Crippen MR) is 96.2 cm³/mol. The van der Waals surface area contributed by atoms with Crippen molar-refractivity contribution in [2.45, 2.75) is 20.8 Å². The average Bonchev–Trinajstić information content (AvgIpc) is 2.89. The molecule has 0 spiro atoms. The molecule has 1 aromatic heterocycles. The van der Waals surface area contributed by atoms with E-state index < -0.39 is 0 Å². The number of rotatable bonds is 5. The van der Waals surface area contributed by atoms with E-state index in [4.69, 9.17) is 4.74 Å². The van der Waals surface area contributed by atoms with Gasteiger partial charge in [0.2, 0.25) is 5.78 Å². The molecule has 3 aromatic rings. The standard InChI is InChI=1S/C21H21NO2/c1-15-9-11-19(12-10-15)24-14-21(23)20-13-16(2)22(17(20)3)18-7-5-4-6-8-18/h4-13H,14H2,1-3H3. The third-order valence-corrected chi connectivity index (χ3v) is 4.14. The van der Waals surface area contributed by atoms with Gasteiger partial charge in [-0.25, -0.2) is 0 Å². The van der Waals surface area contributed by atoms with Crippen molar-refractivity contribution in [1.82, 2.24) is 4.57 Å². The summed E-state index contributed by atoms with van der Waals surface area (Å²) in [6.07, 6.45) is 0. The molecule has 24 heavy (non-hydrogen) atoms. The Morgan fingerprint density at radius 2 is 1.62 bits per heavy atom. The molecule has 3 heteroatoms. The van der Waals surface area contributed by atoms with Crippen molar-refractivity contribution < 1.29 is 9.53 Å². The number of nitrogens with zero attached hydrogens (tertiary/aromatic N) is 1. The summed E-state index contributed by atoms with van der Waals surface area (Å²) in [5, 5.41) is 0. The van der Waals surface area contributed by atoms with Crippen LogP contribution in [0.5, 0.6) is 5.75 Å². The van der Waals surface area contributed by atoms with Gasteiger partial charge in [0.15, 0.2) is 6.61 Å². The highest BCUT2D eigenvalue weighted by molar-refractivity contribution is 5.98. The van der Waals surface area contributed by atoms with E-state index in [1.807, 2.05) is 81.4 Å². The Bertz CT molecular complexity index is 846. The fourth-order valence-corrected chi connectivity index (χ4v) is 2.88. The van der Waals surface area contributed by atoms with E-state index in [2.05, 4.69) is 4.57 Å². The lowest BCUT2D eigenvalue weighted by molar-refractivity contribution is 0.0921. The van der Waals surface area contributed by atoms with Crippen molar-refractivity contribution >= 4 is 5.78 Å². The molecule has 0 amide bonds. The van der Waals surface area contributed by atoms with Crippen LogP contribution in [0.4, 0.5) is 0 Å². The number of hydrogen-bond acceptors (Lipinski definition) is 2. The molecule has 0 saturated heterocycles. The molecule has 0 atom stereocenters. The lowest BCUT2D eigenvalue weighted by Crippen LogP contribution is -2.12. The smallest absolute Gasteiger partial charge is 0.202 e. The number of benzene rings is 2. The van der Waals surface area contributed by atoms with Crippen LogP contribution in [0, 0.1) is 20.8 Å². The van der Waals surface area contributed by atoms with Crippen molar-refractivity contribution in [2.24, 2.45) is 0 Å². The first-order chi connectivity index (χ1) is 11.6. The van der Waals surface area contributed by atoms with Gasteiger partial charge in [-0.3, -0.25) is 4.79 Å². The van der Waals surface area contributed by atoms with Crippen molar-refractivity contribution in [1.29, 1.82) is 0 Å². The molecule has 3 rings (SSSR count). The van der Waals surface area contributed by atoms with Gasteiger partial charge in [0.25, 0.3) is 0 Å². The van der Waals surface area contributed by atoms with Gasteiger partial charge in [-0.05, 0) is 51.1 Å². The summed E-state index contributed by atoms with van der Waals surface area (Å²) in [5.41, 5.74) is 4.92. The second-order valence-electron chi connectivity index (χ2n) is 5.98. The Morgan fingerprint density at radius 1 is 0.958 bits per heavy atom. The minimum Gasteiger partial charge on any atom is -0.485 e. The zero-order chi connectivity index (χ0) is 17.1. The predicted octanol–water partition coefficient (Wildman–Crippen LogP) is 4.66. The van der Waals surface area contributed by atoms with Crippen molar-refractivity contribution in [3.05, 3.63) is 83.2 Å². The van der Waals surface area contributed by atoms with E-state index in [1.165, 1.54) is 5.56 Å². The van der Waals surface area contributed by atoms with Gasteiger partial charge < -0.3 is 9.30 Å². The monoisotopic (exact) mass is 319 g/mol. The number of carbonyl (C=O) groups excluding carboxylic acids is 1. The van der Waals surface area contributed by atoms with Gasteiger partial charge in [-0.15, -0.1) is 0 Å². The van der Waals surface area contributed by atoms with E-state index in [1.54, 1.807) is 0 Å². The molecule has 0 radical (unpaired) electrons. The first kappa shape index (κ1) is 16.1. The summed E-state index contributed by atoms with van der Waals surface area (Å²) in [7, 11) is 0. The maximum Gasteiger partial charge on any atom is 0.202 e. The second-order valence-corrected chi connectivity index (χ2v) is 5.98. The maximum atomic E-state index is 12.6. The van der Waals surface area contributed by atoms with Gasteiger partial charge in [0, 0.05) is 22.6 Å².